The number of thioether (sulfide) groups is 1. The second kappa shape index (κ2) is 11.0. The number of carbonyl (C=O) groups is 2. The van der Waals surface area contributed by atoms with Crippen LogP contribution in [0.5, 0.6) is 17.2 Å². The zero-order valence-electron chi connectivity index (χ0n) is 21.8. The van der Waals surface area contributed by atoms with Gasteiger partial charge >= 0.3 is 0 Å². The topological polar surface area (TPSA) is 93.0 Å². The fourth-order valence-corrected chi connectivity index (χ4v) is 5.34. The standard InChI is InChI=1S/C29H26N4O5S/c1-18-26(28(35)33(31-18)21-13-9-6-10-14-21)39-29-30-22(27(34)32(29)20-11-7-5-8-12-20)15-19-16-23(36-2)25(38-4)24(17-19)37-3/h5-17,26H,1-4H3. The third-order valence-electron chi connectivity index (χ3n) is 6.13. The molecule has 2 heterocycles. The maximum Gasteiger partial charge on any atom is 0.283 e. The number of hydrazone groups is 1. The van der Waals surface area contributed by atoms with Crippen molar-refractivity contribution >= 4 is 51.9 Å². The average molecular weight is 543 g/mol. The number of amidine groups is 1. The summed E-state index contributed by atoms with van der Waals surface area (Å²) in [6.45, 7) is 1.80. The monoisotopic (exact) mass is 542 g/mol. The molecule has 1 atom stereocenters. The minimum Gasteiger partial charge on any atom is -0.493 e. The number of hydrogen-bond acceptors (Lipinski definition) is 8. The van der Waals surface area contributed by atoms with E-state index in [-0.39, 0.29) is 17.5 Å². The molecule has 0 radical (unpaired) electrons. The predicted molar refractivity (Wildman–Crippen MR) is 154 cm³/mol. The van der Waals surface area contributed by atoms with Crippen molar-refractivity contribution in [2.75, 3.05) is 31.2 Å². The zero-order chi connectivity index (χ0) is 27.5. The van der Waals surface area contributed by atoms with Gasteiger partial charge in [-0.1, -0.05) is 48.2 Å². The Hall–Kier alpha value is -4.57. The Morgan fingerprint density at radius 1 is 0.846 bits per heavy atom. The normalized spacial score (nSPS) is 17.9. The predicted octanol–water partition coefficient (Wildman–Crippen LogP) is 4.98. The first-order valence-electron chi connectivity index (χ1n) is 12.1. The highest BCUT2D eigenvalue weighted by molar-refractivity contribution is 8.16. The second-order valence-corrected chi connectivity index (χ2v) is 9.66. The molecular weight excluding hydrogens is 516 g/mol. The van der Waals surface area contributed by atoms with Crippen LogP contribution in [-0.4, -0.2) is 49.3 Å². The highest BCUT2D eigenvalue weighted by Crippen LogP contribution is 2.40. The summed E-state index contributed by atoms with van der Waals surface area (Å²) in [6, 6.07) is 21.9. The van der Waals surface area contributed by atoms with Crippen LogP contribution in [0.1, 0.15) is 12.5 Å². The summed E-state index contributed by atoms with van der Waals surface area (Å²) in [5.74, 6) is 0.837. The number of hydrogen-bond donors (Lipinski definition) is 0. The van der Waals surface area contributed by atoms with Crippen LogP contribution in [0.15, 0.2) is 88.6 Å². The number of benzene rings is 3. The molecule has 2 aliphatic heterocycles. The zero-order valence-corrected chi connectivity index (χ0v) is 22.6. The Balaban J connectivity index is 1.52. The van der Waals surface area contributed by atoms with Crippen LogP contribution in [0.4, 0.5) is 11.4 Å². The molecule has 2 aliphatic rings. The highest BCUT2D eigenvalue weighted by atomic mass is 32.2. The molecule has 0 fully saturated rings. The van der Waals surface area contributed by atoms with Crippen LogP contribution < -0.4 is 24.1 Å². The van der Waals surface area contributed by atoms with Crippen molar-refractivity contribution in [1.82, 2.24) is 0 Å². The lowest BCUT2D eigenvalue weighted by molar-refractivity contribution is -0.116. The summed E-state index contributed by atoms with van der Waals surface area (Å²) in [5, 5.41) is 5.63. The molecule has 0 aliphatic carbocycles. The van der Waals surface area contributed by atoms with Crippen molar-refractivity contribution < 1.29 is 23.8 Å². The molecule has 0 saturated carbocycles. The van der Waals surface area contributed by atoms with E-state index in [9.17, 15) is 9.59 Å². The van der Waals surface area contributed by atoms with E-state index in [2.05, 4.69) is 10.1 Å². The largest absolute Gasteiger partial charge is 0.493 e. The Bertz CT molecular complexity index is 1480. The first-order chi connectivity index (χ1) is 18.9. The van der Waals surface area contributed by atoms with Gasteiger partial charge in [-0.25, -0.2) is 4.99 Å². The highest BCUT2D eigenvalue weighted by Gasteiger charge is 2.40. The van der Waals surface area contributed by atoms with E-state index in [0.29, 0.717) is 45.1 Å². The molecule has 0 N–H and O–H groups in total. The van der Waals surface area contributed by atoms with Crippen molar-refractivity contribution in [2.24, 2.45) is 10.1 Å². The number of methoxy groups -OCH3 is 3. The lowest BCUT2D eigenvalue weighted by Crippen LogP contribution is -2.35. The minimum absolute atomic E-state index is 0.200. The summed E-state index contributed by atoms with van der Waals surface area (Å²) in [7, 11) is 4.58. The molecule has 0 saturated heterocycles. The average Bonchev–Trinajstić information content (AvgIpc) is 3.43. The van der Waals surface area contributed by atoms with Crippen LogP contribution >= 0.6 is 11.8 Å². The number of rotatable bonds is 7. The van der Waals surface area contributed by atoms with Crippen LogP contribution in [0.25, 0.3) is 6.08 Å². The van der Waals surface area contributed by atoms with E-state index in [4.69, 9.17) is 14.2 Å². The number of ether oxygens (including phenoxy) is 3. The van der Waals surface area contributed by atoms with E-state index in [1.807, 2.05) is 60.7 Å². The fraction of sp³-hybridized carbons (Fsp3) is 0.172. The minimum atomic E-state index is -0.636. The van der Waals surface area contributed by atoms with Gasteiger partial charge in [0.05, 0.1) is 38.4 Å². The van der Waals surface area contributed by atoms with Gasteiger partial charge in [0.15, 0.2) is 16.7 Å². The fourth-order valence-electron chi connectivity index (χ4n) is 4.27. The van der Waals surface area contributed by atoms with Gasteiger partial charge in [-0.2, -0.15) is 10.1 Å². The molecule has 2 amide bonds. The Morgan fingerprint density at radius 2 is 1.44 bits per heavy atom. The molecule has 0 bridgehead atoms. The summed E-state index contributed by atoms with van der Waals surface area (Å²) >= 11 is 1.19. The van der Waals surface area contributed by atoms with Crippen LogP contribution in [-0.2, 0) is 9.59 Å². The van der Waals surface area contributed by atoms with Gasteiger partial charge in [-0.15, -0.1) is 0 Å². The second-order valence-electron chi connectivity index (χ2n) is 8.58. The summed E-state index contributed by atoms with van der Waals surface area (Å²) in [6.07, 6.45) is 1.66. The SMILES string of the molecule is COc1cc(C=C2N=C(SC3C(=O)N(c4ccccc4)N=C3C)N(c3ccccc3)C2=O)cc(OC)c1OC. The van der Waals surface area contributed by atoms with E-state index >= 15 is 0 Å². The smallest absolute Gasteiger partial charge is 0.283 e. The van der Waals surface area contributed by atoms with Gasteiger partial charge in [0, 0.05) is 0 Å². The third kappa shape index (κ3) is 4.98. The maximum atomic E-state index is 13.7. The quantitative estimate of drug-likeness (QED) is 0.391. The molecule has 10 heteroatoms. The van der Waals surface area contributed by atoms with Crippen molar-refractivity contribution in [2.45, 2.75) is 12.2 Å². The Labute approximate surface area is 230 Å². The number of aliphatic imine (C=N–C) groups is 1. The third-order valence-corrected chi connectivity index (χ3v) is 7.39. The summed E-state index contributed by atoms with van der Waals surface area (Å²) in [5.41, 5.74) is 2.79. The van der Waals surface area contributed by atoms with Crippen LogP contribution in [0.2, 0.25) is 0 Å². The van der Waals surface area contributed by atoms with Crippen molar-refractivity contribution in [3.05, 3.63) is 84.1 Å². The Kier molecular flexibility index (Phi) is 7.38. The van der Waals surface area contributed by atoms with Crippen molar-refractivity contribution in [3.63, 3.8) is 0 Å². The number of carbonyl (C=O) groups excluding carboxylic acids is 2. The molecule has 198 valence electrons. The number of amides is 2. The number of anilines is 2. The van der Waals surface area contributed by atoms with Crippen LogP contribution in [0, 0.1) is 0 Å². The van der Waals surface area contributed by atoms with Crippen molar-refractivity contribution in [1.29, 1.82) is 0 Å². The van der Waals surface area contributed by atoms with Gasteiger partial charge in [-0.05, 0) is 55.0 Å². The summed E-state index contributed by atoms with van der Waals surface area (Å²) < 4.78 is 16.3. The van der Waals surface area contributed by atoms with E-state index in [1.165, 1.54) is 43.0 Å². The first-order valence-corrected chi connectivity index (χ1v) is 12.9. The number of para-hydroxylation sites is 2. The molecular formula is C29H26N4O5S. The van der Waals surface area contributed by atoms with E-state index in [0.717, 1.165) is 0 Å². The molecule has 1 unspecified atom stereocenters. The lowest BCUT2D eigenvalue weighted by Gasteiger charge is -2.20. The lowest BCUT2D eigenvalue weighted by atomic mass is 10.1. The van der Waals surface area contributed by atoms with Crippen molar-refractivity contribution in [3.8, 4) is 17.2 Å². The van der Waals surface area contributed by atoms with Gasteiger partial charge in [0.2, 0.25) is 5.75 Å². The van der Waals surface area contributed by atoms with Crippen LogP contribution in [0.3, 0.4) is 0 Å². The van der Waals surface area contributed by atoms with E-state index in [1.54, 1.807) is 25.1 Å². The summed E-state index contributed by atoms with van der Waals surface area (Å²) in [4.78, 5) is 33.3. The van der Waals surface area contributed by atoms with Gasteiger partial charge in [-0.3, -0.25) is 14.5 Å². The molecule has 9 nitrogen and oxygen atoms in total. The molecule has 3 aromatic carbocycles. The molecule has 3 aromatic rings. The Morgan fingerprint density at radius 3 is 2.00 bits per heavy atom. The molecule has 39 heavy (non-hydrogen) atoms. The molecule has 5 rings (SSSR count). The van der Waals surface area contributed by atoms with E-state index < -0.39 is 5.25 Å². The first kappa shape index (κ1) is 26.1. The molecule has 0 aromatic heterocycles. The number of nitrogens with zero attached hydrogens (tertiary/aromatic N) is 4. The maximum absolute atomic E-state index is 13.7. The van der Waals surface area contributed by atoms with Gasteiger partial charge in [0.25, 0.3) is 11.8 Å². The van der Waals surface area contributed by atoms with Gasteiger partial charge in [0.1, 0.15) is 10.9 Å². The van der Waals surface area contributed by atoms with Gasteiger partial charge < -0.3 is 14.2 Å². The molecule has 0 spiro atoms.